The van der Waals surface area contributed by atoms with Gasteiger partial charge in [0.25, 0.3) is 0 Å². The summed E-state index contributed by atoms with van der Waals surface area (Å²) in [6.45, 7) is 1.38. The van der Waals surface area contributed by atoms with Gasteiger partial charge in [0, 0.05) is 0 Å². The lowest BCUT2D eigenvalue weighted by molar-refractivity contribution is -0.389. The fourth-order valence-corrected chi connectivity index (χ4v) is 2.01. The number of hydrogen-bond donors (Lipinski definition) is 2. The first-order valence-electron chi connectivity index (χ1n) is 6.77. The Labute approximate surface area is 130 Å². The third-order valence-corrected chi connectivity index (χ3v) is 3.19. The SMILES string of the molecule is CC(NC(=O)Cn1ccc([N+](=O)[O-])n1)C(O)c1ccc(F)cc1. The number of aromatic nitrogens is 2. The first-order valence-corrected chi connectivity index (χ1v) is 6.77. The third kappa shape index (κ3) is 4.33. The summed E-state index contributed by atoms with van der Waals surface area (Å²) < 4.78 is 14.0. The zero-order chi connectivity index (χ0) is 17.0. The normalized spacial score (nSPS) is 13.3. The highest BCUT2D eigenvalue weighted by atomic mass is 19.1. The lowest BCUT2D eigenvalue weighted by Crippen LogP contribution is -2.39. The first kappa shape index (κ1) is 16.6. The number of rotatable bonds is 6. The van der Waals surface area contributed by atoms with Crippen LogP contribution in [-0.2, 0) is 11.3 Å². The lowest BCUT2D eigenvalue weighted by Gasteiger charge is -2.20. The standard InChI is InChI=1S/C14H15FN4O4/c1-9(14(21)10-2-4-11(15)5-3-10)16-13(20)8-18-7-6-12(17-18)19(22)23/h2-7,9,14,21H,8H2,1H3,(H,16,20). The van der Waals surface area contributed by atoms with Crippen LogP contribution in [0.3, 0.4) is 0 Å². The Hall–Kier alpha value is -2.81. The van der Waals surface area contributed by atoms with Crippen LogP contribution in [0, 0.1) is 15.9 Å². The zero-order valence-electron chi connectivity index (χ0n) is 12.2. The Bertz CT molecular complexity index is 701. The molecule has 0 saturated carbocycles. The molecule has 0 aliphatic carbocycles. The van der Waals surface area contributed by atoms with E-state index in [0.29, 0.717) is 5.56 Å². The van der Waals surface area contributed by atoms with Gasteiger partial charge >= 0.3 is 5.82 Å². The van der Waals surface area contributed by atoms with E-state index in [9.17, 15) is 24.4 Å². The van der Waals surface area contributed by atoms with E-state index in [2.05, 4.69) is 10.4 Å². The number of nitrogens with zero attached hydrogens (tertiary/aromatic N) is 3. The minimum Gasteiger partial charge on any atom is -0.386 e. The molecule has 0 spiro atoms. The fraction of sp³-hybridized carbons (Fsp3) is 0.286. The molecule has 0 radical (unpaired) electrons. The van der Waals surface area contributed by atoms with Gasteiger partial charge in [0.2, 0.25) is 5.91 Å². The van der Waals surface area contributed by atoms with Gasteiger partial charge in [0.05, 0.1) is 29.5 Å². The molecule has 1 amide bonds. The molecule has 0 saturated heterocycles. The Morgan fingerprint density at radius 1 is 1.43 bits per heavy atom. The van der Waals surface area contributed by atoms with Crippen LogP contribution in [0.25, 0.3) is 0 Å². The van der Waals surface area contributed by atoms with Crippen molar-refractivity contribution in [3.8, 4) is 0 Å². The molecule has 1 aromatic heterocycles. The average molecular weight is 322 g/mol. The number of aliphatic hydroxyl groups excluding tert-OH is 1. The molecule has 0 bridgehead atoms. The lowest BCUT2D eigenvalue weighted by atomic mass is 10.0. The van der Waals surface area contributed by atoms with Crippen LogP contribution in [-0.4, -0.2) is 31.8 Å². The number of nitro groups is 1. The Morgan fingerprint density at radius 2 is 2.09 bits per heavy atom. The van der Waals surface area contributed by atoms with E-state index >= 15 is 0 Å². The monoisotopic (exact) mass is 322 g/mol. The van der Waals surface area contributed by atoms with Gasteiger partial charge in [-0.1, -0.05) is 12.1 Å². The molecule has 23 heavy (non-hydrogen) atoms. The average Bonchev–Trinajstić information content (AvgIpc) is 2.95. The van der Waals surface area contributed by atoms with E-state index in [1.807, 2.05) is 0 Å². The molecule has 0 fully saturated rings. The Morgan fingerprint density at radius 3 is 2.65 bits per heavy atom. The number of carbonyl (C=O) groups is 1. The summed E-state index contributed by atoms with van der Waals surface area (Å²) in [4.78, 5) is 21.7. The highest BCUT2D eigenvalue weighted by molar-refractivity contribution is 5.76. The van der Waals surface area contributed by atoms with Gasteiger partial charge in [-0.05, 0) is 29.5 Å². The Kier molecular flexibility index (Phi) is 5.02. The molecule has 1 heterocycles. The fourth-order valence-electron chi connectivity index (χ4n) is 2.01. The van der Waals surface area contributed by atoms with Crippen molar-refractivity contribution in [2.45, 2.75) is 25.6 Å². The maximum absolute atomic E-state index is 12.9. The number of carbonyl (C=O) groups excluding carboxylic acids is 1. The molecule has 2 aromatic rings. The second-order valence-electron chi connectivity index (χ2n) is 4.98. The molecule has 0 aliphatic heterocycles. The van der Waals surface area contributed by atoms with Gasteiger partial charge < -0.3 is 20.5 Å². The number of halogens is 1. The zero-order valence-corrected chi connectivity index (χ0v) is 12.2. The van der Waals surface area contributed by atoms with Gasteiger partial charge in [0.1, 0.15) is 12.4 Å². The van der Waals surface area contributed by atoms with E-state index in [0.717, 1.165) is 4.68 Å². The second kappa shape index (κ2) is 6.97. The predicted octanol–water partition coefficient (Wildman–Crippen LogP) is 1.17. The number of aliphatic hydroxyl groups is 1. The molecular weight excluding hydrogens is 307 g/mol. The van der Waals surface area contributed by atoms with Gasteiger partial charge in [-0.2, -0.15) is 4.68 Å². The summed E-state index contributed by atoms with van der Waals surface area (Å²) in [5, 5.41) is 26.8. The van der Waals surface area contributed by atoms with Crippen molar-refractivity contribution in [3.05, 3.63) is 58.0 Å². The van der Waals surface area contributed by atoms with Crippen molar-refractivity contribution in [1.29, 1.82) is 0 Å². The van der Waals surface area contributed by atoms with E-state index in [-0.39, 0.29) is 12.4 Å². The summed E-state index contributed by atoms with van der Waals surface area (Å²) in [6, 6.07) is 5.85. The minimum atomic E-state index is -1.01. The van der Waals surface area contributed by atoms with Crippen LogP contribution in [0.2, 0.25) is 0 Å². The van der Waals surface area contributed by atoms with E-state index in [4.69, 9.17) is 0 Å². The smallest absolute Gasteiger partial charge is 0.386 e. The molecule has 8 nitrogen and oxygen atoms in total. The predicted molar refractivity (Wildman–Crippen MR) is 77.8 cm³/mol. The molecule has 0 aliphatic rings. The summed E-state index contributed by atoms with van der Waals surface area (Å²) >= 11 is 0. The second-order valence-corrected chi connectivity index (χ2v) is 4.98. The largest absolute Gasteiger partial charge is 0.389 e. The van der Waals surface area contributed by atoms with Crippen LogP contribution in [0.15, 0.2) is 36.5 Å². The molecular formula is C14H15FN4O4. The van der Waals surface area contributed by atoms with Gasteiger partial charge in [-0.3, -0.25) is 4.79 Å². The van der Waals surface area contributed by atoms with E-state index < -0.39 is 28.8 Å². The Balaban J connectivity index is 1.93. The molecule has 2 atom stereocenters. The van der Waals surface area contributed by atoms with Crippen molar-refractivity contribution < 1.29 is 19.2 Å². The summed E-state index contributed by atoms with van der Waals surface area (Å²) in [7, 11) is 0. The number of hydrogen-bond acceptors (Lipinski definition) is 5. The van der Waals surface area contributed by atoms with Crippen molar-refractivity contribution in [1.82, 2.24) is 15.1 Å². The molecule has 122 valence electrons. The number of nitrogens with one attached hydrogen (secondary N) is 1. The highest BCUT2D eigenvalue weighted by Crippen LogP contribution is 2.17. The van der Waals surface area contributed by atoms with Crippen LogP contribution in [0.4, 0.5) is 10.2 Å². The van der Waals surface area contributed by atoms with E-state index in [1.165, 1.54) is 36.5 Å². The van der Waals surface area contributed by atoms with Gasteiger partial charge in [0.15, 0.2) is 0 Å². The van der Waals surface area contributed by atoms with E-state index in [1.54, 1.807) is 6.92 Å². The number of amides is 1. The summed E-state index contributed by atoms with van der Waals surface area (Å²) in [5.74, 6) is -1.23. The van der Waals surface area contributed by atoms with Crippen LogP contribution >= 0.6 is 0 Å². The maximum Gasteiger partial charge on any atom is 0.389 e. The van der Waals surface area contributed by atoms with Gasteiger partial charge in [-0.15, -0.1) is 0 Å². The molecule has 2 N–H and O–H groups in total. The van der Waals surface area contributed by atoms with Crippen molar-refractivity contribution in [3.63, 3.8) is 0 Å². The maximum atomic E-state index is 12.9. The topological polar surface area (TPSA) is 110 Å². The van der Waals surface area contributed by atoms with Crippen LogP contribution in [0.5, 0.6) is 0 Å². The van der Waals surface area contributed by atoms with Crippen LogP contribution in [0.1, 0.15) is 18.6 Å². The van der Waals surface area contributed by atoms with Crippen LogP contribution < -0.4 is 5.32 Å². The summed E-state index contributed by atoms with van der Waals surface area (Å²) in [5.41, 5.74) is 0.467. The minimum absolute atomic E-state index is 0.214. The quantitative estimate of drug-likeness (QED) is 0.612. The molecule has 9 heteroatoms. The van der Waals surface area contributed by atoms with Crippen molar-refractivity contribution in [2.24, 2.45) is 0 Å². The third-order valence-electron chi connectivity index (χ3n) is 3.19. The number of benzene rings is 1. The van der Waals surface area contributed by atoms with Crippen molar-refractivity contribution >= 4 is 11.7 Å². The first-order chi connectivity index (χ1) is 10.9. The molecule has 2 unspecified atom stereocenters. The van der Waals surface area contributed by atoms with Gasteiger partial charge in [-0.25, -0.2) is 4.39 Å². The molecule has 2 rings (SSSR count). The van der Waals surface area contributed by atoms with Crippen molar-refractivity contribution in [2.75, 3.05) is 0 Å². The highest BCUT2D eigenvalue weighted by Gasteiger charge is 2.20. The molecule has 1 aromatic carbocycles. The summed E-state index contributed by atoms with van der Waals surface area (Å²) in [6.07, 6.45) is 0.310.